The van der Waals surface area contributed by atoms with Gasteiger partial charge in [-0.15, -0.1) is 0 Å². The second kappa shape index (κ2) is 6.64. The monoisotopic (exact) mass is 347 g/mol. The number of carboxylic acid groups (broad SMARTS) is 1. The van der Waals surface area contributed by atoms with Gasteiger partial charge in [0.15, 0.2) is 0 Å². The number of carboxylic acids is 1. The molecule has 2 atom stereocenters. The van der Waals surface area contributed by atoms with Gasteiger partial charge >= 0.3 is 5.97 Å². The molecule has 1 unspecified atom stereocenters. The molecule has 134 valence electrons. The van der Waals surface area contributed by atoms with Gasteiger partial charge in [0.05, 0.1) is 6.42 Å². The Hall–Kier alpha value is -2.55. The molecule has 4 rings (SSSR count). The largest absolute Gasteiger partial charge is 0.481 e. The number of para-hydroxylation sites is 1. The van der Waals surface area contributed by atoms with Gasteiger partial charge in [0.25, 0.3) is 0 Å². The molecule has 0 spiro atoms. The summed E-state index contributed by atoms with van der Waals surface area (Å²) in [6, 6.07) is 19.0. The number of rotatable bonds is 5. The normalized spacial score (nSPS) is 22.3. The van der Waals surface area contributed by atoms with Crippen molar-refractivity contribution in [2.45, 2.75) is 50.4 Å². The fourth-order valence-electron chi connectivity index (χ4n) is 4.77. The Morgan fingerprint density at radius 2 is 1.88 bits per heavy atom. The van der Waals surface area contributed by atoms with Crippen LogP contribution >= 0.6 is 0 Å². The fourth-order valence-corrected chi connectivity index (χ4v) is 4.77. The number of aliphatic carboxylic acids is 1. The summed E-state index contributed by atoms with van der Waals surface area (Å²) in [5.41, 5.74) is 4.69. The summed E-state index contributed by atoms with van der Waals surface area (Å²) in [5.74, 6) is -0.282. The molecule has 1 aromatic heterocycles. The van der Waals surface area contributed by atoms with E-state index in [1.54, 1.807) is 0 Å². The van der Waals surface area contributed by atoms with Gasteiger partial charge in [0, 0.05) is 22.0 Å². The van der Waals surface area contributed by atoms with E-state index >= 15 is 0 Å². The highest BCUT2D eigenvalue weighted by molar-refractivity contribution is 5.86. The highest BCUT2D eigenvalue weighted by Gasteiger charge is 2.42. The van der Waals surface area contributed by atoms with Crippen molar-refractivity contribution in [3.8, 4) is 0 Å². The lowest BCUT2D eigenvalue weighted by molar-refractivity contribution is -0.138. The third-order valence-corrected chi connectivity index (χ3v) is 6.15. The zero-order valence-electron chi connectivity index (χ0n) is 15.2. The number of nitrogens with one attached hydrogen (secondary N) is 1. The predicted molar refractivity (Wildman–Crippen MR) is 105 cm³/mol. The van der Waals surface area contributed by atoms with Crippen LogP contribution in [0.1, 0.15) is 55.3 Å². The van der Waals surface area contributed by atoms with Crippen molar-refractivity contribution < 1.29 is 9.90 Å². The number of carbonyl (C=O) groups is 1. The molecule has 1 heterocycles. The van der Waals surface area contributed by atoms with Crippen LogP contribution in [0.25, 0.3) is 10.9 Å². The molecule has 3 nitrogen and oxygen atoms in total. The van der Waals surface area contributed by atoms with Crippen molar-refractivity contribution in [1.29, 1.82) is 0 Å². The van der Waals surface area contributed by atoms with E-state index in [0.29, 0.717) is 5.92 Å². The topological polar surface area (TPSA) is 53.1 Å². The minimum absolute atomic E-state index is 0.196. The van der Waals surface area contributed by atoms with E-state index in [2.05, 4.69) is 60.4 Å². The second-order valence-electron chi connectivity index (χ2n) is 7.59. The second-order valence-corrected chi connectivity index (χ2v) is 7.59. The Kier molecular flexibility index (Phi) is 4.31. The molecular formula is C23H25NO2. The smallest absolute Gasteiger partial charge is 0.304 e. The summed E-state index contributed by atoms with van der Waals surface area (Å²) in [6.45, 7) is 2.12. The van der Waals surface area contributed by atoms with Crippen LogP contribution in [-0.2, 0) is 16.6 Å². The molecule has 0 fully saturated rings. The Balaban J connectivity index is 1.85. The van der Waals surface area contributed by atoms with Crippen LogP contribution in [0.4, 0.5) is 0 Å². The fraction of sp³-hybridized carbons (Fsp3) is 0.348. The summed E-state index contributed by atoms with van der Waals surface area (Å²) in [6.07, 6.45) is 4.00. The maximum Gasteiger partial charge on any atom is 0.304 e. The SMILES string of the molecule is CCC1(CC(=O)O)CC[C@H](Cc2ccccc2)c2c1[nH]c1ccccc21. The van der Waals surface area contributed by atoms with Gasteiger partial charge in [-0.2, -0.15) is 0 Å². The highest BCUT2D eigenvalue weighted by Crippen LogP contribution is 2.50. The van der Waals surface area contributed by atoms with Gasteiger partial charge < -0.3 is 10.1 Å². The first-order valence-electron chi connectivity index (χ1n) is 9.50. The first-order valence-corrected chi connectivity index (χ1v) is 9.50. The van der Waals surface area contributed by atoms with Crippen molar-refractivity contribution in [2.75, 3.05) is 0 Å². The maximum absolute atomic E-state index is 11.6. The lowest BCUT2D eigenvalue weighted by atomic mass is 9.65. The average Bonchev–Trinajstić information content (AvgIpc) is 3.05. The number of fused-ring (bicyclic) bond motifs is 3. The van der Waals surface area contributed by atoms with Crippen molar-refractivity contribution in [3.63, 3.8) is 0 Å². The molecule has 3 heteroatoms. The molecule has 0 saturated carbocycles. The third kappa shape index (κ3) is 2.82. The molecule has 0 amide bonds. The highest BCUT2D eigenvalue weighted by atomic mass is 16.4. The van der Waals surface area contributed by atoms with E-state index in [4.69, 9.17) is 0 Å². The Morgan fingerprint density at radius 1 is 1.15 bits per heavy atom. The van der Waals surface area contributed by atoms with Crippen LogP contribution in [0, 0.1) is 0 Å². The molecule has 0 bridgehead atoms. The summed E-state index contributed by atoms with van der Waals surface area (Å²) in [7, 11) is 0. The lowest BCUT2D eigenvalue weighted by Crippen LogP contribution is -2.34. The zero-order valence-corrected chi connectivity index (χ0v) is 15.2. The molecule has 0 aliphatic heterocycles. The van der Waals surface area contributed by atoms with Gasteiger partial charge in [0.2, 0.25) is 0 Å². The number of H-pyrrole nitrogens is 1. The Labute approximate surface area is 154 Å². The summed E-state index contributed by atoms with van der Waals surface area (Å²) in [5, 5.41) is 10.8. The minimum atomic E-state index is -0.710. The first-order chi connectivity index (χ1) is 12.6. The number of hydrogen-bond acceptors (Lipinski definition) is 1. The van der Waals surface area contributed by atoms with Crippen LogP contribution in [0.2, 0.25) is 0 Å². The standard InChI is InChI=1S/C23H25NO2/c1-2-23(15-20(25)26)13-12-17(14-16-8-4-3-5-9-16)21-18-10-6-7-11-19(18)24-22(21)23/h3-11,17,24H,2,12-15H2,1H3,(H,25,26)/t17-,23?/m1/s1. The van der Waals surface area contributed by atoms with E-state index in [9.17, 15) is 9.90 Å². The van der Waals surface area contributed by atoms with Crippen molar-refractivity contribution in [3.05, 3.63) is 71.4 Å². The van der Waals surface area contributed by atoms with Crippen LogP contribution in [0.5, 0.6) is 0 Å². The Morgan fingerprint density at radius 3 is 2.62 bits per heavy atom. The van der Waals surface area contributed by atoms with E-state index in [1.165, 1.54) is 16.5 Å². The lowest BCUT2D eigenvalue weighted by Gasteiger charge is -2.39. The number of benzene rings is 2. The molecule has 1 aliphatic rings. The van der Waals surface area contributed by atoms with Crippen LogP contribution in [0.3, 0.4) is 0 Å². The number of aromatic amines is 1. The number of hydrogen-bond donors (Lipinski definition) is 2. The van der Waals surface area contributed by atoms with Crippen LogP contribution < -0.4 is 0 Å². The molecule has 3 aromatic rings. The van der Waals surface area contributed by atoms with E-state index in [0.717, 1.165) is 36.9 Å². The molecule has 0 radical (unpaired) electrons. The van der Waals surface area contributed by atoms with Crippen LogP contribution in [0.15, 0.2) is 54.6 Å². The molecule has 2 N–H and O–H groups in total. The van der Waals surface area contributed by atoms with E-state index in [-0.39, 0.29) is 11.8 Å². The molecule has 1 aliphatic carbocycles. The van der Waals surface area contributed by atoms with E-state index in [1.807, 2.05) is 6.07 Å². The summed E-state index contributed by atoms with van der Waals surface area (Å²) >= 11 is 0. The maximum atomic E-state index is 11.6. The first kappa shape index (κ1) is 16.9. The van der Waals surface area contributed by atoms with Gasteiger partial charge in [0.1, 0.15) is 0 Å². The van der Waals surface area contributed by atoms with Gasteiger partial charge in [-0.1, -0.05) is 55.5 Å². The van der Waals surface area contributed by atoms with Gasteiger partial charge in [-0.3, -0.25) is 4.79 Å². The van der Waals surface area contributed by atoms with Gasteiger partial charge in [-0.25, -0.2) is 0 Å². The predicted octanol–water partition coefficient (Wildman–Crippen LogP) is 5.41. The average molecular weight is 347 g/mol. The number of aromatic nitrogens is 1. The molecular weight excluding hydrogens is 322 g/mol. The molecule has 26 heavy (non-hydrogen) atoms. The Bertz CT molecular complexity index is 928. The summed E-state index contributed by atoms with van der Waals surface area (Å²) < 4.78 is 0. The van der Waals surface area contributed by atoms with Crippen molar-refractivity contribution >= 4 is 16.9 Å². The molecule has 0 saturated heterocycles. The minimum Gasteiger partial charge on any atom is -0.481 e. The van der Waals surface area contributed by atoms with Crippen molar-refractivity contribution in [2.24, 2.45) is 0 Å². The van der Waals surface area contributed by atoms with Gasteiger partial charge in [-0.05, 0) is 48.8 Å². The third-order valence-electron chi connectivity index (χ3n) is 6.15. The van der Waals surface area contributed by atoms with E-state index < -0.39 is 5.97 Å². The van der Waals surface area contributed by atoms with Crippen molar-refractivity contribution in [1.82, 2.24) is 4.98 Å². The summed E-state index contributed by atoms with van der Waals surface area (Å²) in [4.78, 5) is 15.2. The quantitative estimate of drug-likeness (QED) is 0.648. The molecule has 2 aromatic carbocycles. The zero-order chi connectivity index (χ0) is 18.1. The van der Waals surface area contributed by atoms with Crippen LogP contribution in [-0.4, -0.2) is 16.1 Å².